The zero-order valence-corrected chi connectivity index (χ0v) is 14.1. The van der Waals surface area contributed by atoms with Gasteiger partial charge in [0.1, 0.15) is 0 Å². The van der Waals surface area contributed by atoms with Crippen LogP contribution in [0.4, 0.5) is 0 Å². The number of hydrogen-bond acceptors (Lipinski definition) is 1. The van der Waals surface area contributed by atoms with Crippen LogP contribution in [0.5, 0.6) is 0 Å². The molecule has 18 heavy (non-hydrogen) atoms. The van der Waals surface area contributed by atoms with E-state index in [-0.39, 0.29) is 0 Å². The summed E-state index contributed by atoms with van der Waals surface area (Å²) in [5, 5.41) is 9.17. The van der Waals surface area contributed by atoms with E-state index >= 15 is 0 Å². The number of rotatable bonds is 13. The number of unbranched alkanes of at least 4 members (excludes halogenated alkanes) is 4. The second-order valence-electron chi connectivity index (χ2n) is 5.99. The molecule has 2 heteroatoms. The second kappa shape index (κ2) is 12.4. The third-order valence-corrected chi connectivity index (χ3v) is 9.95. The van der Waals surface area contributed by atoms with Gasteiger partial charge in [-0.2, -0.15) is 0 Å². The molecule has 0 saturated carbocycles. The molecule has 0 aliphatic rings. The Balaban J connectivity index is 4.41. The van der Waals surface area contributed by atoms with Crippen LogP contribution >= 0.6 is 7.26 Å². The maximum absolute atomic E-state index is 9.17. The Morgan fingerprint density at radius 1 is 0.611 bits per heavy atom. The Morgan fingerprint density at radius 3 is 1.50 bits per heavy atom. The predicted molar refractivity (Wildman–Crippen MR) is 88.8 cm³/mol. The monoisotopic (exact) mass is 276 g/mol. The molecule has 0 aliphatic carbocycles. The molecular weight excluding hydrogens is 239 g/mol. The van der Waals surface area contributed by atoms with E-state index in [4.69, 9.17) is 0 Å². The molecule has 0 aliphatic heterocycles. The van der Waals surface area contributed by atoms with E-state index in [0.29, 0.717) is 6.61 Å². The molecule has 0 radical (unpaired) electrons. The summed E-state index contributed by atoms with van der Waals surface area (Å²) in [7, 11) is -1.06. The average Bonchev–Trinajstić information content (AvgIpc) is 2.40. The summed E-state index contributed by atoms with van der Waals surface area (Å²) in [5.41, 5.74) is 0. The molecule has 0 heterocycles. The van der Waals surface area contributed by atoms with E-state index in [1.807, 2.05) is 0 Å². The second-order valence-corrected chi connectivity index (χ2v) is 11.0. The van der Waals surface area contributed by atoms with Crippen molar-refractivity contribution >= 4 is 7.26 Å². The quantitative estimate of drug-likeness (QED) is 0.374. The Labute approximate surface area is 116 Å². The van der Waals surface area contributed by atoms with Gasteiger partial charge in [-0.15, -0.1) is 0 Å². The molecule has 1 N–H and O–H groups in total. The Bertz CT molecular complexity index is 149. The molecule has 0 spiro atoms. The third-order valence-electron chi connectivity index (χ3n) is 4.30. The van der Waals surface area contributed by atoms with Crippen molar-refractivity contribution in [3.63, 3.8) is 0 Å². The maximum atomic E-state index is 9.17. The number of hydrogen-bond donors (Lipinski definition) is 1. The molecule has 0 bridgehead atoms. The van der Waals surface area contributed by atoms with Gasteiger partial charge in [0.15, 0.2) is 0 Å². The Morgan fingerprint density at radius 2 is 1.06 bits per heavy atom. The first-order chi connectivity index (χ1) is 8.74. The zero-order chi connectivity index (χ0) is 13.7. The van der Waals surface area contributed by atoms with Crippen LogP contribution in [0.15, 0.2) is 0 Å². The molecule has 0 fully saturated rings. The molecule has 112 valence electrons. The van der Waals surface area contributed by atoms with Crippen LogP contribution in [0.25, 0.3) is 0 Å². The van der Waals surface area contributed by atoms with Crippen LogP contribution in [-0.4, -0.2) is 36.4 Å². The average molecular weight is 276 g/mol. The molecule has 0 aromatic carbocycles. The van der Waals surface area contributed by atoms with Crippen molar-refractivity contribution in [2.75, 3.05) is 31.3 Å². The van der Waals surface area contributed by atoms with Crippen LogP contribution in [0.3, 0.4) is 0 Å². The van der Waals surface area contributed by atoms with E-state index in [1.165, 1.54) is 69.6 Å². The molecule has 1 nitrogen and oxygen atoms in total. The Hall–Kier alpha value is 0.390. The SMILES string of the molecule is CCCCC[PH](CCCC)(CCCC)CCCO. The fourth-order valence-corrected chi connectivity index (χ4v) is 8.67. The molecular formula is C16H37OP. The van der Waals surface area contributed by atoms with Crippen molar-refractivity contribution in [2.45, 2.75) is 72.1 Å². The third kappa shape index (κ3) is 8.48. The van der Waals surface area contributed by atoms with Crippen molar-refractivity contribution in [3.05, 3.63) is 0 Å². The Kier molecular flexibility index (Phi) is 12.7. The fraction of sp³-hybridized carbons (Fsp3) is 1.00. The topological polar surface area (TPSA) is 20.2 Å². The zero-order valence-electron chi connectivity index (χ0n) is 13.1. The summed E-state index contributed by atoms with van der Waals surface area (Å²) in [5.74, 6) is 0. The summed E-state index contributed by atoms with van der Waals surface area (Å²) in [4.78, 5) is 0. The minimum absolute atomic E-state index is 0.404. The first-order valence-electron chi connectivity index (χ1n) is 8.35. The van der Waals surface area contributed by atoms with Crippen molar-refractivity contribution in [1.29, 1.82) is 0 Å². The standard InChI is InChI=1S/C16H37OP/c1-4-7-10-15-18(13-8-5-2,14-9-6-3)16-11-12-17/h17-18H,4-16H2,1-3H3. The van der Waals surface area contributed by atoms with Crippen molar-refractivity contribution < 1.29 is 5.11 Å². The molecule has 0 aromatic heterocycles. The summed E-state index contributed by atoms with van der Waals surface area (Å²) in [6.07, 6.45) is 16.7. The van der Waals surface area contributed by atoms with Crippen molar-refractivity contribution in [2.24, 2.45) is 0 Å². The number of aliphatic hydroxyl groups excluding tert-OH is 1. The van der Waals surface area contributed by atoms with Gasteiger partial charge in [0.25, 0.3) is 0 Å². The van der Waals surface area contributed by atoms with Crippen LogP contribution in [0, 0.1) is 0 Å². The van der Waals surface area contributed by atoms with Crippen molar-refractivity contribution in [3.8, 4) is 0 Å². The molecule has 0 rings (SSSR count). The summed E-state index contributed by atoms with van der Waals surface area (Å²) in [6.45, 7) is 7.34. The van der Waals surface area contributed by atoms with Gasteiger partial charge in [-0.25, -0.2) is 0 Å². The summed E-state index contributed by atoms with van der Waals surface area (Å²) in [6, 6.07) is 0. The predicted octanol–water partition coefficient (Wildman–Crippen LogP) is 4.91. The van der Waals surface area contributed by atoms with Gasteiger partial charge in [0, 0.05) is 0 Å². The van der Waals surface area contributed by atoms with Gasteiger partial charge in [-0.1, -0.05) is 0 Å². The van der Waals surface area contributed by atoms with Crippen LogP contribution in [0.2, 0.25) is 0 Å². The van der Waals surface area contributed by atoms with Gasteiger partial charge in [0.2, 0.25) is 0 Å². The van der Waals surface area contributed by atoms with Crippen molar-refractivity contribution in [1.82, 2.24) is 0 Å². The van der Waals surface area contributed by atoms with Gasteiger partial charge in [-0.3, -0.25) is 0 Å². The first kappa shape index (κ1) is 18.4. The van der Waals surface area contributed by atoms with Crippen LogP contribution in [-0.2, 0) is 0 Å². The number of aliphatic hydroxyl groups is 1. The summed E-state index contributed by atoms with van der Waals surface area (Å²) >= 11 is 0. The molecule has 0 amide bonds. The van der Waals surface area contributed by atoms with E-state index < -0.39 is 7.26 Å². The normalized spacial score (nSPS) is 12.9. The van der Waals surface area contributed by atoms with Crippen LogP contribution in [0.1, 0.15) is 72.1 Å². The van der Waals surface area contributed by atoms with Gasteiger partial charge >= 0.3 is 116 Å². The van der Waals surface area contributed by atoms with Gasteiger partial charge in [-0.05, 0) is 0 Å². The van der Waals surface area contributed by atoms with Gasteiger partial charge < -0.3 is 0 Å². The fourth-order valence-electron chi connectivity index (χ4n) is 3.06. The van der Waals surface area contributed by atoms with E-state index in [9.17, 15) is 5.11 Å². The summed E-state index contributed by atoms with van der Waals surface area (Å²) < 4.78 is 0. The minimum atomic E-state index is -1.06. The van der Waals surface area contributed by atoms with E-state index in [2.05, 4.69) is 20.8 Å². The molecule has 0 aromatic rings. The van der Waals surface area contributed by atoms with E-state index in [1.54, 1.807) is 0 Å². The first-order valence-corrected chi connectivity index (χ1v) is 11.2. The van der Waals surface area contributed by atoms with Gasteiger partial charge in [0.05, 0.1) is 0 Å². The molecule has 0 saturated heterocycles. The van der Waals surface area contributed by atoms with E-state index in [0.717, 1.165) is 6.42 Å². The molecule has 0 atom stereocenters. The molecule has 0 unspecified atom stereocenters. The van der Waals surface area contributed by atoms with Crippen LogP contribution < -0.4 is 0 Å².